The molecule has 0 saturated heterocycles. The van der Waals surface area contributed by atoms with Crippen molar-refractivity contribution in [1.82, 2.24) is 4.98 Å². The summed E-state index contributed by atoms with van der Waals surface area (Å²) in [6, 6.07) is 4.00. The Morgan fingerprint density at radius 2 is 1.65 bits per heavy atom. The normalized spacial score (nSPS) is 12.9. The lowest BCUT2D eigenvalue weighted by Crippen LogP contribution is -2.40. The third-order valence-electron chi connectivity index (χ3n) is 3.23. The van der Waals surface area contributed by atoms with Crippen molar-refractivity contribution < 1.29 is 4.43 Å². The van der Waals surface area contributed by atoms with Crippen LogP contribution in [0.3, 0.4) is 0 Å². The molecule has 5 heteroatoms. The molecule has 0 amide bonds. The molecule has 0 aliphatic carbocycles. The second-order valence-corrected chi connectivity index (χ2v) is 12.1. The van der Waals surface area contributed by atoms with Crippen LogP contribution in [0.2, 0.25) is 18.1 Å². The highest BCUT2D eigenvalue weighted by atomic mass is 79.9. The van der Waals surface area contributed by atoms with Gasteiger partial charge in [0.15, 0.2) is 8.32 Å². The first-order chi connectivity index (χ1) is 7.62. The van der Waals surface area contributed by atoms with Crippen molar-refractivity contribution in [2.75, 3.05) is 0 Å². The van der Waals surface area contributed by atoms with E-state index in [1.807, 2.05) is 12.1 Å². The Bertz CT molecular complexity index is 382. The molecule has 0 aliphatic heterocycles. The molecule has 0 aromatic carbocycles. The molecule has 1 aromatic heterocycles. The molecule has 17 heavy (non-hydrogen) atoms. The molecule has 0 fully saturated rings. The van der Waals surface area contributed by atoms with E-state index in [1.54, 1.807) is 0 Å². The highest BCUT2D eigenvalue weighted by Crippen LogP contribution is 2.37. The van der Waals surface area contributed by atoms with Crippen molar-refractivity contribution >= 4 is 40.2 Å². The van der Waals surface area contributed by atoms with E-state index in [4.69, 9.17) is 4.43 Å². The minimum atomic E-state index is -1.67. The number of pyridine rings is 1. The summed E-state index contributed by atoms with van der Waals surface area (Å²) in [5.41, 5.74) is 1.14. The third-order valence-corrected chi connectivity index (χ3v) is 8.52. The number of aromatic nitrogens is 1. The van der Waals surface area contributed by atoms with Crippen LogP contribution < -0.4 is 0 Å². The van der Waals surface area contributed by atoms with Gasteiger partial charge < -0.3 is 4.43 Å². The first-order valence-corrected chi connectivity index (χ1v) is 10.1. The number of halogens is 2. The molecule has 1 aromatic rings. The van der Waals surface area contributed by atoms with Crippen molar-refractivity contribution in [3.63, 3.8) is 0 Å². The number of rotatable bonds is 3. The summed E-state index contributed by atoms with van der Waals surface area (Å²) < 4.78 is 7.83. The van der Waals surface area contributed by atoms with Crippen LogP contribution in [-0.2, 0) is 11.0 Å². The summed E-state index contributed by atoms with van der Waals surface area (Å²) in [6.07, 6.45) is 0. The van der Waals surface area contributed by atoms with E-state index >= 15 is 0 Å². The van der Waals surface area contributed by atoms with E-state index in [-0.39, 0.29) is 5.04 Å². The molecule has 0 aliphatic rings. The summed E-state index contributed by atoms with van der Waals surface area (Å²) in [5.74, 6) is 0. The zero-order chi connectivity index (χ0) is 13.3. The van der Waals surface area contributed by atoms with Crippen LogP contribution in [0.15, 0.2) is 21.3 Å². The van der Waals surface area contributed by atoms with Gasteiger partial charge in [0.1, 0.15) is 9.21 Å². The fourth-order valence-corrected chi connectivity index (χ4v) is 3.25. The summed E-state index contributed by atoms with van der Waals surface area (Å²) in [6.45, 7) is 11.9. The molecule has 0 spiro atoms. The van der Waals surface area contributed by atoms with Gasteiger partial charge >= 0.3 is 0 Å². The Morgan fingerprint density at radius 3 is 2.06 bits per heavy atom. The van der Waals surface area contributed by atoms with Gasteiger partial charge in [-0.15, -0.1) is 0 Å². The van der Waals surface area contributed by atoms with Gasteiger partial charge in [-0.25, -0.2) is 4.98 Å². The minimum Gasteiger partial charge on any atom is -0.413 e. The quantitative estimate of drug-likeness (QED) is 0.535. The fraction of sp³-hybridized carbons (Fsp3) is 0.583. The second kappa shape index (κ2) is 5.51. The predicted molar refractivity (Wildman–Crippen MR) is 81.6 cm³/mol. The SMILES string of the molecule is CC(C)(C)[Si](C)(C)OCc1cc(Br)nc(Br)c1. The van der Waals surface area contributed by atoms with E-state index in [0.29, 0.717) is 6.61 Å². The Balaban J connectivity index is 2.74. The molecule has 0 N–H and O–H groups in total. The summed E-state index contributed by atoms with van der Waals surface area (Å²) in [5, 5.41) is 0.245. The van der Waals surface area contributed by atoms with Crippen molar-refractivity contribution in [1.29, 1.82) is 0 Å². The molecule has 96 valence electrons. The average Bonchev–Trinajstić information content (AvgIpc) is 2.11. The predicted octanol–water partition coefficient (Wildman–Crippen LogP) is 5.13. The molecule has 1 heterocycles. The molecule has 1 rings (SSSR count). The monoisotopic (exact) mass is 379 g/mol. The van der Waals surface area contributed by atoms with Crippen LogP contribution in [0.1, 0.15) is 26.3 Å². The molecule has 0 unspecified atom stereocenters. The molecular formula is C12H19Br2NOSi. The van der Waals surface area contributed by atoms with Gasteiger partial charge in [-0.1, -0.05) is 20.8 Å². The number of hydrogen-bond donors (Lipinski definition) is 0. The Hall–Kier alpha value is 0.287. The topological polar surface area (TPSA) is 22.1 Å². The Kier molecular flexibility index (Phi) is 4.97. The molecule has 0 bridgehead atoms. The van der Waals surface area contributed by atoms with Crippen LogP contribution >= 0.6 is 31.9 Å². The molecule has 2 nitrogen and oxygen atoms in total. The van der Waals surface area contributed by atoms with Crippen molar-refractivity contribution in [3.8, 4) is 0 Å². The maximum Gasteiger partial charge on any atom is 0.192 e. The summed E-state index contributed by atoms with van der Waals surface area (Å²) in [7, 11) is -1.67. The lowest BCUT2D eigenvalue weighted by atomic mass is 10.2. The van der Waals surface area contributed by atoms with Gasteiger partial charge in [0, 0.05) is 0 Å². The first kappa shape index (κ1) is 15.3. The molecular weight excluding hydrogens is 362 g/mol. The van der Waals surface area contributed by atoms with Crippen LogP contribution in [0.4, 0.5) is 0 Å². The maximum absolute atomic E-state index is 6.16. The molecule has 0 radical (unpaired) electrons. The van der Waals surface area contributed by atoms with Crippen molar-refractivity contribution in [2.45, 2.75) is 45.5 Å². The van der Waals surface area contributed by atoms with Gasteiger partial charge in [-0.2, -0.15) is 0 Å². The van der Waals surface area contributed by atoms with E-state index in [1.165, 1.54) is 0 Å². The van der Waals surface area contributed by atoms with Crippen LogP contribution in [0.5, 0.6) is 0 Å². The van der Waals surface area contributed by atoms with E-state index in [0.717, 1.165) is 14.8 Å². The zero-order valence-corrected chi connectivity index (χ0v) is 15.1. The number of hydrogen-bond acceptors (Lipinski definition) is 2. The fourth-order valence-electron chi connectivity index (χ4n) is 1.08. The summed E-state index contributed by atoms with van der Waals surface area (Å²) >= 11 is 6.78. The van der Waals surface area contributed by atoms with Crippen molar-refractivity contribution in [2.24, 2.45) is 0 Å². The van der Waals surface area contributed by atoms with Crippen molar-refractivity contribution in [3.05, 3.63) is 26.9 Å². The lowest BCUT2D eigenvalue weighted by molar-refractivity contribution is 0.276. The smallest absolute Gasteiger partial charge is 0.192 e. The van der Waals surface area contributed by atoms with Crippen LogP contribution in [0.25, 0.3) is 0 Å². The zero-order valence-electron chi connectivity index (χ0n) is 11.0. The minimum absolute atomic E-state index is 0.245. The average molecular weight is 381 g/mol. The number of nitrogens with zero attached hydrogens (tertiary/aromatic N) is 1. The van der Waals surface area contributed by atoms with E-state index in [9.17, 15) is 0 Å². The van der Waals surface area contributed by atoms with E-state index in [2.05, 4.69) is 70.7 Å². The van der Waals surface area contributed by atoms with E-state index < -0.39 is 8.32 Å². The van der Waals surface area contributed by atoms with Gasteiger partial charge in [-0.05, 0) is 67.7 Å². The third kappa shape index (κ3) is 4.46. The van der Waals surface area contributed by atoms with Crippen LogP contribution in [-0.4, -0.2) is 13.3 Å². The van der Waals surface area contributed by atoms with Gasteiger partial charge in [0.2, 0.25) is 0 Å². The van der Waals surface area contributed by atoms with Gasteiger partial charge in [0.05, 0.1) is 6.61 Å². The molecule has 0 atom stereocenters. The van der Waals surface area contributed by atoms with Gasteiger partial charge in [0.25, 0.3) is 0 Å². The molecule has 0 saturated carbocycles. The maximum atomic E-state index is 6.16. The van der Waals surface area contributed by atoms with Crippen LogP contribution in [0, 0.1) is 0 Å². The standard InChI is InChI=1S/C12H19Br2NOSi/c1-12(2,3)17(4,5)16-8-9-6-10(13)15-11(14)7-9/h6-7H,8H2,1-5H3. The lowest BCUT2D eigenvalue weighted by Gasteiger charge is -2.36. The summed E-state index contributed by atoms with van der Waals surface area (Å²) in [4.78, 5) is 4.22. The highest BCUT2D eigenvalue weighted by Gasteiger charge is 2.37. The highest BCUT2D eigenvalue weighted by molar-refractivity contribution is 9.11. The Morgan fingerprint density at radius 1 is 1.18 bits per heavy atom. The van der Waals surface area contributed by atoms with Gasteiger partial charge in [-0.3, -0.25) is 0 Å². The first-order valence-electron chi connectivity index (χ1n) is 5.58. The second-order valence-electron chi connectivity index (χ2n) is 5.67. The Labute approximate surface area is 122 Å². The largest absolute Gasteiger partial charge is 0.413 e.